The van der Waals surface area contributed by atoms with Crippen LogP contribution in [-0.4, -0.2) is 49.9 Å². The lowest BCUT2D eigenvalue weighted by Gasteiger charge is -2.31. The summed E-state index contributed by atoms with van der Waals surface area (Å²) in [6.45, 7) is 0.135. The number of benzene rings is 1. The molecule has 2 N–H and O–H groups in total. The van der Waals surface area contributed by atoms with Gasteiger partial charge in [0.15, 0.2) is 17.4 Å². The van der Waals surface area contributed by atoms with Crippen LogP contribution < -0.4 is 5.32 Å². The molecule has 0 saturated heterocycles. The van der Waals surface area contributed by atoms with E-state index in [9.17, 15) is 40.7 Å². The number of halogens is 6. The van der Waals surface area contributed by atoms with Crippen molar-refractivity contribution in [1.82, 2.24) is 19.8 Å². The zero-order valence-corrected chi connectivity index (χ0v) is 17.5. The second-order valence-electron chi connectivity index (χ2n) is 7.66. The first-order valence-electron chi connectivity index (χ1n) is 9.86. The lowest BCUT2D eigenvalue weighted by atomic mass is 10.0. The van der Waals surface area contributed by atoms with Gasteiger partial charge in [0.05, 0.1) is 12.2 Å². The number of imidazole rings is 1. The van der Waals surface area contributed by atoms with E-state index in [4.69, 9.17) is 5.11 Å². The van der Waals surface area contributed by atoms with Gasteiger partial charge in [-0.25, -0.2) is 22.9 Å². The van der Waals surface area contributed by atoms with Gasteiger partial charge in [0.25, 0.3) is 0 Å². The molecule has 2 aromatic rings. The number of carbonyl (C=O) groups excluding carboxylic acids is 2. The summed E-state index contributed by atoms with van der Waals surface area (Å²) in [6, 6.07) is -0.421. The number of Topliss-reactive ketones (excluding diaryl/α,β-unsaturated/α-hetero) is 1. The molecular weight excluding hydrogens is 474 g/mol. The number of carboxylic acid groups (broad SMARTS) is 1. The Morgan fingerprint density at radius 3 is 2.35 bits per heavy atom. The predicted octanol–water partition coefficient (Wildman–Crippen LogP) is 3.13. The van der Waals surface area contributed by atoms with Gasteiger partial charge in [0.2, 0.25) is 11.7 Å². The number of amides is 2. The normalized spacial score (nSPS) is 14.5. The number of aromatic nitrogens is 2. The second kappa shape index (κ2) is 9.35. The molecule has 184 valence electrons. The predicted molar refractivity (Wildman–Crippen MR) is 102 cm³/mol. The summed E-state index contributed by atoms with van der Waals surface area (Å²) < 4.78 is 81.3. The van der Waals surface area contributed by atoms with Gasteiger partial charge in [-0.1, -0.05) is 0 Å². The smallest absolute Gasteiger partial charge is 0.449 e. The Morgan fingerprint density at radius 1 is 1.12 bits per heavy atom. The summed E-state index contributed by atoms with van der Waals surface area (Å²) in [5, 5.41) is 11.0. The number of rotatable bonds is 6. The molecule has 2 amide bonds. The number of carbonyl (C=O) groups is 3. The monoisotopic (exact) mass is 492 g/mol. The van der Waals surface area contributed by atoms with E-state index < -0.39 is 78.4 Å². The molecule has 0 radical (unpaired) electrons. The Bertz CT molecular complexity index is 1150. The van der Waals surface area contributed by atoms with Gasteiger partial charge in [-0.05, 0) is 18.1 Å². The minimum Gasteiger partial charge on any atom is -0.465 e. The van der Waals surface area contributed by atoms with Crippen LogP contribution in [0.5, 0.6) is 0 Å². The number of fused-ring (bicyclic) bond motifs is 1. The Kier molecular flexibility index (Phi) is 6.89. The topological polar surface area (TPSA) is 105 Å². The largest absolute Gasteiger partial charge is 0.465 e. The molecule has 0 fully saturated rings. The molecule has 0 aliphatic carbocycles. The molecule has 1 atom stereocenters. The number of hydrogen-bond donors (Lipinski definition) is 2. The second-order valence-corrected chi connectivity index (χ2v) is 7.66. The van der Waals surface area contributed by atoms with Gasteiger partial charge in [-0.2, -0.15) is 13.2 Å². The van der Waals surface area contributed by atoms with Crippen molar-refractivity contribution in [2.75, 3.05) is 6.54 Å². The molecular formula is C20H18F6N4O4. The summed E-state index contributed by atoms with van der Waals surface area (Å²) >= 11 is 0. The highest BCUT2D eigenvalue weighted by Crippen LogP contribution is 2.32. The minimum atomic E-state index is -4.82. The number of hydrogen-bond acceptors (Lipinski definition) is 4. The Balaban J connectivity index is 1.81. The van der Waals surface area contributed by atoms with Crippen LogP contribution in [0.2, 0.25) is 0 Å². The molecule has 1 aliphatic heterocycles. The highest BCUT2D eigenvalue weighted by atomic mass is 19.4. The summed E-state index contributed by atoms with van der Waals surface area (Å²) in [7, 11) is 0. The summed E-state index contributed by atoms with van der Waals surface area (Å²) in [6.07, 6.45) is -7.43. The van der Waals surface area contributed by atoms with E-state index >= 15 is 0 Å². The molecule has 3 rings (SSSR count). The van der Waals surface area contributed by atoms with Crippen molar-refractivity contribution in [2.45, 2.75) is 45.1 Å². The fourth-order valence-corrected chi connectivity index (χ4v) is 3.75. The van der Waals surface area contributed by atoms with Gasteiger partial charge in [0.1, 0.15) is 11.5 Å². The first-order valence-corrected chi connectivity index (χ1v) is 9.86. The molecule has 0 spiro atoms. The van der Waals surface area contributed by atoms with Crippen LogP contribution in [-0.2, 0) is 30.5 Å². The van der Waals surface area contributed by atoms with E-state index in [2.05, 4.69) is 4.98 Å². The zero-order valence-electron chi connectivity index (χ0n) is 17.5. The molecule has 0 bridgehead atoms. The maximum atomic E-state index is 14.0. The third-order valence-corrected chi connectivity index (χ3v) is 5.25. The highest BCUT2D eigenvalue weighted by molar-refractivity contribution is 5.93. The Hall–Kier alpha value is -3.58. The molecule has 0 unspecified atom stereocenters. The maximum absolute atomic E-state index is 14.0. The third kappa shape index (κ3) is 5.31. The van der Waals surface area contributed by atoms with Crippen molar-refractivity contribution < 1.29 is 45.8 Å². The number of alkyl halides is 3. The van der Waals surface area contributed by atoms with Crippen molar-refractivity contribution in [3.63, 3.8) is 0 Å². The molecule has 1 aromatic carbocycles. The van der Waals surface area contributed by atoms with Crippen LogP contribution in [0.25, 0.3) is 0 Å². The quantitative estimate of drug-likeness (QED) is 0.366. The maximum Gasteiger partial charge on any atom is 0.449 e. The number of nitrogens with zero attached hydrogens (tertiary/aromatic N) is 3. The van der Waals surface area contributed by atoms with Crippen molar-refractivity contribution >= 4 is 17.8 Å². The fraction of sp³-hybridized carbons (Fsp3) is 0.400. The van der Waals surface area contributed by atoms with Crippen molar-refractivity contribution in [2.24, 2.45) is 0 Å². The van der Waals surface area contributed by atoms with Crippen LogP contribution in [0.15, 0.2) is 12.1 Å². The number of ketones is 1. The Morgan fingerprint density at radius 2 is 1.76 bits per heavy atom. The van der Waals surface area contributed by atoms with Gasteiger partial charge in [-0.15, -0.1) is 0 Å². The molecule has 1 aromatic heterocycles. The van der Waals surface area contributed by atoms with Crippen LogP contribution in [0, 0.1) is 17.5 Å². The van der Waals surface area contributed by atoms with E-state index in [1.54, 1.807) is 0 Å². The number of nitrogens with one attached hydrogen (secondary N) is 1. The fourth-order valence-electron chi connectivity index (χ4n) is 3.75. The van der Waals surface area contributed by atoms with Gasteiger partial charge < -0.3 is 19.9 Å². The van der Waals surface area contributed by atoms with Crippen molar-refractivity contribution in [3.05, 3.63) is 52.4 Å². The molecule has 14 heteroatoms. The highest BCUT2D eigenvalue weighted by Gasteiger charge is 2.41. The zero-order chi connectivity index (χ0) is 25.4. The summed E-state index contributed by atoms with van der Waals surface area (Å²) in [5.41, 5.74) is -0.932. The Labute approximate surface area is 188 Å². The van der Waals surface area contributed by atoms with Crippen molar-refractivity contribution in [3.8, 4) is 0 Å². The molecule has 2 heterocycles. The SMILES string of the molecule is CC(=O)c1nc(C(F)(F)F)n2c1CN(C(=O)C[C@@H](Cc1cc(F)c(F)cc1F)NC(=O)O)CC2. The average Bonchev–Trinajstić information content (AvgIpc) is 3.11. The van der Waals surface area contributed by atoms with Crippen LogP contribution in [0.3, 0.4) is 0 Å². The van der Waals surface area contributed by atoms with E-state index in [1.165, 1.54) is 0 Å². The lowest BCUT2D eigenvalue weighted by Crippen LogP contribution is -2.44. The summed E-state index contributed by atoms with van der Waals surface area (Å²) in [4.78, 5) is 40.2. The van der Waals surface area contributed by atoms with Crippen LogP contribution in [0.1, 0.15) is 40.9 Å². The van der Waals surface area contributed by atoms with Gasteiger partial charge >= 0.3 is 12.3 Å². The third-order valence-electron chi connectivity index (χ3n) is 5.25. The van der Waals surface area contributed by atoms with E-state index in [-0.39, 0.29) is 30.4 Å². The first kappa shape index (κ1) is 25.1. The minimum absolute atomic E-state index is 0.117. The van der Waals surface area contributed by atoms with Crippen LogP contribution in [0.4, 0.5) is 31.1 Å². The average molecular weight is 492 g/mol. The van der Waals surface area contributed by atoms with E-state index in [1.807, 2.05) is 5.32 Å². The van der Waals surface area contributed by atoms with Crippen molar-refractivity contribution in [1.29, 1.82) is 0 Å². The molecule has 8 nitrogen and oxygen atoms in total. The first-order chi connectivity index (χ1) is 15.8. The van der Waals surface area contributed by atoms with Gasteiger partial charge in [-0.3, -0.25) is 9.59 Å². The summed E-state index contributed by atoms with van der Waals surface area (Å²) in [5.74, 6) is -6.65. The standard InChI is InChI=1S/C20H18F6N4O4/c1-9(31)17-15-8-29(2-3-30(15)18(28-17)20(24,25)26)16(32)6-11(27-19(33)34)4-10-5-13(22)14(23)7-12(10)21/h5,7,11,27H,2-4,6,8H2,1H3,(H,33,34)/t11-/m1/s1. The van der Waals surface area contributed by atoms with Crippen LogP contribution >= 0.6 is 0 Å². The van der Waals surface area contributed by atoms with E-state index in [0.717, 1.165) is 16.4 Å². The molecule has 34 heavy (non-hydrogen) atoms. The van der Waals surface area contributed by atoms with Gasteiger partial charge in [0, 0.05) is 38.5 Å². The molecule has 1 aliphatic rings. The van der Waals surface area contributed by atoms with E-state index in [0.29, 0.717) is 6.07 Å². The lowest BCUT2D eigenvalue weighted by molar-refractivity contribution is -0.148. The molecule has 0 saturated carbocycles.